The molecule has 4 rings (SSSR count). The molecule has 0 saturated carbocycles. The summed E-state index contributed by atoms with van der Waals surface area (Å²) in [5.74, 6) is -0.588. The fourth-order valence-corrected chi connectivity index (χ4v) is 3.57. The van der Waals surface area contributed by atoms with Crippen molar-refractivity contribution in [3.63, 3.8) is 0 Å². The van der Waals surface area contributed by atoms with E-state index in [1.807, 2.05) is 43.0 Å². The molecule has 6 heteroatoms. The Kier molecular flexibility index (Phi) is 4.39. The Morgan fingerprint density at radius 1 is 1.15 bits per heavy atom. The van der Waals surface area contributed by atoms with Crippen LogP contribution >= 0.6 is 0 Å². The Bertz CT molecular complexity index is 1010. The molecule has 1 amide bonds. The molecule has 0 radical (unpaired) electrons. The van der Waals surface area contributed by atoms with Crippen LogP contribution in [0.4, 0.5) is 15.8 Å². The van der Waals surface area contributed by atoms with Crippen molar-refractivity contribution >= 4 is 17.3 Å². The first-order chi connectivity index (χ1) is 13.0. The lowest BCUT2D eigenvalue weighted by molar-refractivity contribution is -0.115. The number of nitrogens with one attached hydrogen (secondary N) is 1. The van der Waals surface area contributed by atoms with Gasteiger partial charge < -0.3 is 10.2 Å². The van der Waals surface area contributed by atoms with E-state index >= 15 is 0 Å². The maximum Gasteiger partial charge on any atom is 0.243 e. The van der Waals surface area contributed by atoms with Gasteiger partial charge in [-0.2, -0.15) is 5.10 Å². The molecule has 0 saturated heterocycles. The summed E-state index contributed by atoms with van der Waals surface area (Å²) in [7, 11) is 0. The molecule has 1 aliphatic heterocycles. The van der Waals surface area contributed by atoms with Crippen molar-refractivity contribution in [1.82, 2.24) is 9.78 Å². The van der Waals surface area contributed by atoms with Crippen LogP contribution in [0.5, 0.6) is 0 Å². The molecule has 1 N–H and O–H groups in total. The van der Waals surface area contributed by atoms with Gasteiger partial charge in [0.1, 0.15) is 5.69 Å². The van der Waals surface area contributed by atoms with Crippen LogP contribution in [0, 0.1) is 19.7 Å². The Morgan fingerprint density at radius 3 is 2.70 bits per heavy atom. The number of para-hydroxylation sites is 1. The lowest BCUT2D eigenvalue weighted by Gasteiger charge is -2.19. The number of halogens is 1. The van der Waals surface area contributed by atoms with E-state index in [-0.39, 0.29) is 12.5 Å². The van der Waals surface area contributed by atoms with Crippen LogP contribution in [-0.2, 0) is 11.2 Å². The van der Waals surface area contributed by atoms with Crippen LogP contribution in [0.3, 0.4) is 0 Å². The number of aryl methyl sites for hydroxylation is 2. The van der Waals surface area contributed by atoms with Gasteiger partial charge >= 0.3 is 0 Å². The number of anilines is 2. The molecular weight excluding hydrogens is 343 g/mol. The lowest BCUT2D eigenvalue weighted by atomic mass is 10.2. The molecule has 0 bridgehead atoms. The number of amides is 1. The molecule has 5 nitrogen and oxygen atoms in total. The van der Waals surface area contributed by atoms with Gasteiger partial charge in [0, 0.05) is 23.6 Å². The van der Waals surface area contributed by atoms with Gasteiger partial charge in [-0.05, 0) is 56.2 Å². The van der Waals surface area contributed by atoms with Crippen molar-refractivity contribution in [1.29, 1.82) is 0 Å². The molecule has 0 spiro atoms. The van der Waals surface area contributed by atoms with Gasteiger partial charge in [-0.3, -0.25) is 4.79 Å². The first kappa shape index (κ1) is 17.3. The molecule has 1 aliphatic rings. The van der Waals surface area contributed by atoms with Crippen molar-refractivity contribution in [2.24, 2.45) is 0 Å². The minimum Gasteiger partial charge on any atom is -0.362 e. The zero-order valence-electron chi connectivity index (χ0n) is 15.4. The highest BCUT2D eigenvalue weighted by molar-refractivity contribution is 5.94. The SMILES string of the molecule is Cc1cc(C)n(-c2ccc(NC(=O)CN3CCc4ccccc43)cc2F)n1. The van der Waals surface area contributed by atoms with Crippen LogP contribution in [-0.4, -0.2) is 28.8 Å². The van der Waals surface area contributed by atoms with Crippen molar-refractivity contribution in [2.45, 2.75) is 20.3 Å². The zero-order valence-corrected chi connectivity index (χ0v) is 15.4. The first-order valence-corrected chi connectivity index (χ1v) is 8.97. The van der Waals surface area contributed by atoms with Gasteiger partial charge in [-0.25, -0.2) is 9.07 Å². The average molecular weight is 364 g/mol. The number of rotatable bonds is 4. The largest absolute Gasteiger partial charge is 0.362 e. The second-order valence-electron chi connectivity index (χ2n) is 6.85. The lowest BCUT2D eigenvalue weighted by Crippen LogP contribution is -2.31. The summed E-state index contributed by atoms with van der Waals surface area (Å²) >= 11 is 0. The Balaban J connectivity index is 1.46. The predicted molar refractivity (Wildman–Crippen MR) is 104 cm³/mol. The molecule has 1 aromatic heterocycles. The summed E-state index contributed by atoms with van der Waals surface area (Å²) in [5.41, 5.74) is 4.85. The summed E-state index contributed by atoms with van der Waals surface area (Å²) in [6.07, 6.45) is 0.940. The second-order valence-corrected chi connectivity index (χ2v) is 6.85. The van der Waals surface area contributed by atoms with Gasteiger partial charge in [0.15, 0.2) is 5.82 Å². The van der Waals surface area contributed by atoms with E-state index in [0.29, 0.717) is 11.4 Å². The monoisotopic (exact) mass is 364 g/mol. The standard InChI is InChI=1S/C21H21FN4O/c1-14-11-15(2)26(24-14)20-8-7-17(12-18(20)22)23-21(27)13-25-10-9-16-5-3-4-6-19(16)25/h3-8,11-12H,9-10,13H2,1-2H3,(H,23,27). The normalized spacial score (nSPS) is 12.9. The van der Waals surface area contributed by atoms with Gasteiger partial charge in [-0.15, -0.1) is 0 Å². The molecule has 3 aromatic rings. The van der Waals surface area contributed by atoms with Gasteiger partial charge in [0.05, 0.1) is 12.2 Å². The minimum absolute atomic E-state index is 0.162. The summed E-state index contributed by atoms with van der Waals surface area (Å²) in [4.78, 5) is 14.5. The van der Waals surface area contributed by atoms with E-state index in [0.717, 1.165) is 30.0 Å². The fourth-order valence-electron chi connectivity index (χ4n) is 3.57. The van der Waals surface area contributed by atoms with Crippen molar-refractivity contribution in [3.8, 4) is 5.69 Å². The molecule has 27 heavy (non-hydrogen) atoms. The zero-order chi connectivity index (χ0) is 19.0. The number of hydrogen-bond acceptors (Lipinski definition) is 3. The van der Waals surface area contributed by atoms with E-state index < -0.39 is 5.82 Å². The van der Waals surface area contributed by atoms with Crippen LogP contribution in [0.15, 0.2) is 48.5 Å². The van der Waals surface area contributed by atoms with Crippen molar-refractivity contribution in [3.05, 3.63) is 71.3 Å². The number of carbonyl (C=O) groups excluding carboxylic acids is 1. The first-order valence-electron chi connectivity index (χ1n) is 8.97. The van der Waals surface area contributed by atoms with E-state index in [1.54, 1.807) is 16.8 Å². The summed E-state index contributed by atoms with van der Waals surface area (Å²) < 4.78 is 16.1. The minimum atomic E-state index is -0.425. The van der Waals surface area contributed by atoms with Gasteiger partial charge in [0.25, 0.3) is 0 Å². The molecule has 0 unspecified atom stereocenters. The molecular formula is C21H21FN4O. The number of benzene rings is 2. The average Bonchev–Trinajstić information content (AvgIpc) is 3.18. The maximum absolute atomic E-state index is 14.6. The quantitative estimate of drug-likeness (QED) is 0.769. The highest BCUT2D eigenvalue weighted by atomic mass is 19.1. The number of nitrogens with zero attached hydrogens (tertiary/aromatic N) is 3. The second kappa shape index (κ2) is 6.87. The summed E-state index contributed by atoms with van der Waals surface area (Å²) in [6, 6.07) is 14.7. The molecule has 0 fully saturated rings. The predicted octanol–water partition coefficient (Wildman–Crippen LogP) is 3.63. The van der Waals surface area contributed by atoms with Crippen LogP contribution in [0.25, 0.3) is 5.69 Å². The van der Waals surface area contributed by atoms with Crippen LogP contribution in [0.2, 0.25) is 0 Å². The number of aromatic nitrogens is 2. The molecule has 138 valence electrons. The smallest absolute Gasteiger partial charge is 0.243 e. The third-order valence-electron chi connectivity index (χ3n) is 4.79. The Labute approximate surface area is 157 Å². The van der Waals surface area contributed by atoms with Crippen LogP contribution in [0.1, 0.15) is 17.0 Å². The molecule has 0 atom stereocenters. The molecule has 0 aliphatic carbocycles. The highest BCUT2D eigenvalue weighted by Crippen LogP contribution is 2.27. The van der Waals surface area contributed by atoms with E-state index in [4.69, 9.17) is 0 Å². The number of hydrogen-bond donors (Lipinski definition) is 1. The number of carbonyl (C=O) groups is 1. The van der Waals surface area contributed by atoms with Gasteiger partial charge in [-0.1, -0.05) is 18.2 Å². The maximum atomic E-state index is 14.6. The Morgan fingerprint density at radius 2 is 1.96 bits per heavy atom. The van der Waals surface area contributed by atoms with Crippen LogP contribution < -0.4 is 10.2 Å². The topological polar surface area (TPSA) is 50.2 Å². The molecule has 2 heterocycles. The third-order valence-corrected chi connectivity index (χ3v) is 4.79. The molecule has 2 aromatic carbocycles. The van der Waals surface area contributed by atoms with Gasteiger partial charge in [0.2, 0.25) is 5.91 Å². The third kappa shape index (κ3) is 3.43. The number of fused-ring (bicyclic) bond motifs is 1. The van der Waals surface area contributed by atoms with E-state index in [9.17, 15) is 9.18 Å². The highest BCUT2D eigenvalue weighted by Gasteiger charge is 2.20. The van der Waals surface area contributed by atoms with E-state index in [2.05, 4.69) is 16.5 Å². The summed E-state index contributed by atoms with van der Waals surface area (Å²) in [5, 5.41) is 7.09. The van der Waals surface area contributed by atoms with E-state index in [1.165, 1.54) is 11.6 Å². The summed E-state index contributed by atoms with van der Waals surface area (Å²) in [6.45, 7) is 4.81. The van der Waals surface area contributed by atoms with Crippen molar-refractivity contribution < 1.29 is 9.18 Å². The Hall–Kier alpha value is -3.15. The fraction of sp³-hybridized carbons (Fsp3) is 0.238. The van der Waals surface area contributed by atoms with Crippen molar-refractivity contribution in [2.75, 3.05) is 23.3 Å².